The zero-order valence-corrected chi connectivity index (χ0v) is 12.3. The topological polar surface area (TPSA) is 61.7 Å². The van der Waals surface area contributed by atoms with Gasteiger partial charge in [0.2, 0.25) is 0 Å². The lowest BCUT2D eigenvalue weighted by Gasteiger charge is -2.15. The van der Waals surface area contributed by atoms with Crippen LogP contribution in [0.5, 0.6) is 5.75 Å². The van der Waals surface area contributed by atoms with Gasteiger partial charge in [0.1, 0.15) is 18.5 Å². The molecule has 0 aromatic heterocycles. The SMILES string of the molecule is CCC(O)CNCC(O)COc1ccc(Cl)c(Cl)c1. The van der Waals surface area contributed by atoms with Crippen molar-refractivity contribution in [2.45, 2.75) is 25.6 Å². The summed E-state index contributed by atoms with van der Waals surface area (Å²) in [6.45, 7) is 2.86. The Morgan fingerprint density at radius 1 is 1.16 bits per heavy atom. The van der Waals surface area contributed by atoms with E-state index in [1.54, 1.807) is 18.2 Å². The number of hydrogen-bond donors (Lipinski definition) is 3. The van der Waals surface area contributed by atoms with Gasteiger partial charge in [-0.15, -0.1) is 0 Å². The van der Waals surface area contributed by atoms with Gasteiger partial charge in [-0.05, 0) is 18.6 Å². The summed E-state index contributed by atoms with van der Waals surface area (Å²) < 4.78 is 5.39. The maximum atomic E-state index is 9.69. The molecule has 0 aliphatic rings. The van der Waals surface area contributed by atoms with Crippen LogP contribution in [0.15, 0.2) is 18.2 Å². The molecule has 3 N–H and O–H groups in total. The van der Waals surface area contributed by atoms with E-state index < -0.39 is 6.10 Å². The van der Waals surface area contributed by atoms with Gasteiger partial charge in [0.25, 0.3) is 0 Å². The minimum Gasteiger partial charge on any atom is -0.491 e. The molecule has 6 heteroatoms. The van der Waals surface area contributed by atoms with E-state index in [4.69, 9.17) is 27.9 Å². The molecule has 0 fully saturated rings. The highest BCUT2D eigenvalue weighted by Crippen LogP contribution is 2.26. The van der Waals surface area contributed by atoms with Crippen LogP contribution in [0.1, 0.15) is 13.3 Å². The summed E-state index contributed by atoms with van der Waals surface area (Å²) in [7, 11) is 0. The Labute approximate surface area is 123 Å². The second kappa shape index (κ2) is 8.61. The van der Waals surface area contributed by atoms with Crippen molar-refractivity contribution in [1.29, 1.82) is 0 Å². The molecule has 108 valence electrons. The summed E-state index contributed by atoms with van der Waals surface area (Å²) in [6, 6.07) is 4.93. The molecule has 0 heterocycles. The lowest BCUT2D eigenvalue weighted by molar-refractivity contribution is 0.0992. The molecule has 0 aliphatic carbocycles. The van der Waals surface area contributed by atoms with E-state index >= 15 is 0 Å². The van der Waals surface area contributed by atoms with Gasteiger partial charge in [-0.25, -0.2) is 0 Å². The van der Waals surface area contributed by atoms with E-state index in [1.165, 1.54) is 0 Å². The maximum absolute atomic E-state index is 9.69. The van der Waals surface area contributed by atoms with Crippen molar-refractivity contribution >= 4 is 23.2 Å². The summed E-state index contributed by atoms with van der Waals surface area (Å²) >= 11 is 11.6. The van der Waals surface area contributed by atoms with Crippen molar-refractivity contribution in [3.8, 4) is 5.75 Å². The number of hydrogen-bond acceptors (Lipinski definition) is 4. The summed E-state index contributed by atoms with van der Waals surface area (Å²) in [5.74, 6) is 0.557. The molecule has 0 bridgehead atoms. The van der Waals surface area contributed by atoms with Crippen molar-refractivity contribution in [3.63, 3.8) is 0 Å². The molecule has 1 aromatic carbocycles. The van der Waals surface area contributed by atoms with Crippen molar-refractivity contribution in [2.24, 2.45) is 0 Å². The second-order valence-electron chi connectivity index (χ2n) is 4.26. The fraction of sp³-hybridized carbons (Fsp3) is 0.538. The summed E-state index contributed by atoms with van der Waals surface area (Å²) in [5.41, 5.74) is 0. The normalized spacial score (nSPS) is 14.2. The Bertz CT molecular complexity index is 390. The third kappa shape index (κ3) is 6.45. The monoisotopic (exact) mass is 307 g/mol. The fourth-order valence-electron chi connectivity index (χ4n) is 1.38. The number of rotatable bonds is 8. The molecule has 1 aromatic rings. The number of benzene rings is 1. The molecule has 0 aliphatic heterocycles. The van der Waals surface area contributed by atoms with E-state index in [0.29, 0.717) is 35.3 Å². The zero-order chi connectivity index (χ0) is 14.3. The maximum Gasteiger partial charge on any atom is 0.121 e. The van der Waals surface area contributed by atoms with Crippen LogP contribution >= 0.6 is 23.2 Å². The molecule has 2 atom stereocenters. The van der Waals surface area contributed by atoms with Gasteiger partial charge in [-0.1, -0.05) is 30.1 Å². The highest BCUT2D eigenvalue weighted by Gasteiger charge is 2.07. The third-order valence-corrected chi connectivity index (χ3v) is 3.30. The van der Waals surface area contributed by atoms with E-state index in [1.807, 2.05) is 6.92 Å². The lowest BCUT2D eigenvalue weighted by Crippen LogP contribution is -2.35. The summed E-state index contributed by atoms with van der Waals surface area (Å²) in [5, 5.41) is 22.9. The smallest absolute Gasteiger partial charge is 0.121 e. The van der Waals surface area contributed by atoms with Crippen molar-refractivity contribution < 1.29 is 14.9 Å². The molecule has 0 spiro atoms. The first kappa shape index (κ1) is 16.5. The Morgan fingerprint density at radius 3 is 2.47 bits per heavy atom. The van der Waals surface area contributed by atoms with Crippen molar-refractivity contribution in [2.75, 3.05) is 19.7 Å². The molecular formula is C13H19Cl2NO3. The van der Waals surface area contributed by atoms with Gasteiger partial charge in [0.15, 0.2) is 0 Å². The van der Waals surface area contributed by atoms with Crippen LogP contribution < -0.4 is 10.1 Å². The number of aliphatic hydroxyl groups excluding tert-OH is 2. The van der Waals surface area contributed by atoms with Gasteiger partial charge >= 0.3 is 0 Å². The first-order valence-electron chi connectivity index (χ1n) is 6.17. The first-order valence-corrected chi connectivity index (χ1v) is 6.93. The van der Waals surface area contributed by atoms with Crippen molar-refractivity contribution in [3.05, 3.63) is 28.2 Å². The zero-order valence-electron chi connectivity index (χ0n) is 10.8. The molecule has 0 saturated carbocycles. The van der Waals surface area contributed by atoms with Gasteiger partial charge in [-0.3, -0.25) is 0 Å². The van der Waals surface area contributed by atoms with Crippen LogP contribution in [-0.2, 0) is 0 Å². The molecule has 0 amide bonds. The average Bonchev–Trinajstić information content (AvgIpc) is 2.40. The lowest BCUT2D eigenvalue weighted by atomic mass is 10.2. The highest BCUT2D eigenvalue weighted by molar-refractivity contribution is 6.42. The predicted molar refractivity (Wildman–Crippen MR) is 77.1 cm³/mol. The van der Waals surface area contributed by atoms with Crippen LogP contribution in [0.4, 0.5) is 0 Å². The molecule has 2 unspecified atom stereocenters. The minimum absolute atomic E-state index is 0.146. The molecule has 0 radical (unpaired) electrons. The number of ether oxygens (including phenoxy) is 1. The van der Waals surface area contributed by atoms with Gasteiger partial charge in [0.05, 0.1) is 16.1 Å². The van der Waals surface area contributed by atoms with Crippen LogP contribution in [0.25, 0.3) is 0 Å². The molecule has 19 heavy (non-hydrogen) atoms. The Kier molecular flexibility index (Phi) is 7.49. The van der Waals surface area contributed by atoms with Crippen LogP contribution in [-0.4, -0.2) is 42.1 Å². The minimum atomic E-state index is -0.654. The molecule has 0 saturated heterocycles. The number of halogens is 2. The Hall–Kier alpha value is -0.520. The predicted octanol–water partition coefficient (Wildman–Crippen LogP) is 2.09. The molecular weight excluding hydrogens is 289 g/mol. The van der Waals surface area contributed by atoms with E-state index in [2.05, 4.69) is 5.32 Å². The van der Waals surface area contributed by atoms with Gasteiger partial charge in [-0.2, -0.15) is 0 Å². The standard InChI is InChI=1S/C13H19Cl2NO3/c1-2-9(17)6-16-7-10(18)8-19-11-3-4-12(14)13(15)5-11/h3-5,9-10,16-18H,2,6-8H2,1H3. The number of aliphatic hydroxyl groups is 2. The van der Waals surface area contributed by atoms with Crippen LogP contribution in [0, 0.1) is 0 Å². The van der Waals surface area contributed by atoms with Gasteiger partial charge in [0, 0.05) is 19.2 Å². The molecule has 1 rings (SSSR count). The van der Waals surface area contributed by atoms with Crippen LogP contribution in [0.2, 0.25) is 10.0 Å². The fourth-order valence-corrected chi connectivity index (χ4v) is 1.67. The Balaban J connectivity index is 2.25. The summed E-state index contributed by atoms with van der Waals surface area (Å²) in [6.07, 6.45) is -0.357. The van der Waals surface area contributed by atoms with E-state index in [-0.39, 0.29) is 12.7 Å². The quantitative estimate of drug-likeness (QED) is 0.688. The van der Waals surface area contributed by atoms with Gasteiger partial charge < -0.3 is 20.3 Å². The largest absolute Gasteiger partial charge is 0.491 e. The number of nitrogens with one attached hydrogen (secondary N) is 1. The van der Waals surface area contributed by atoms with E-state index in [0.717, 1.165) is 0 Å². The van der Waals surface area contributed by atoms with Crippen molar-refractivity contribution in [1.82, 2.24) is 5.32 Å². The third-order valence-electron chi connectivity index (χ3n) is 2.56. The second-order valence-corrected chi connectivity index (χ2v) is 5.08. The first-order chi connectivity index (χ1) is 9.02. The molecule has 4 nitrogen and oxygen atoms in total. The summed E-state index contributed by atoms with van der Waals surface area (Å²) in [4.78, 5) is 0. The van der Waals surface area contributed by atoms with E-state index in [9.17, 15) is 10.2 Å². The Morgan fingerprint density at radius 2 is 1.84 bits per heavy atom. The highest BCUT2D eigenvalue weighted by atomic mass is 35.5. The average molecular weight is 308 g/mol. The van der Waals surface area contributed by atoms with Crippen LogP contribution in [0.3, 0.4) is 0 Å².